The van der Waals surface area contributed by atoms with Crippen molar-refractivity contribution in [1.29, 1.82) is 0 Å². The van der Waals surface area contributed by atoms with Crippen LogP contribution in [-0.4, -0.2) is 63.4 Å². The quantitative estimate of drug-likeness (QED) is 0.322. The average Bonchev–Trinajstić information content (AvgIpc) is 2.72. The second-order valence-corrected chi connectivity index (χ2v) is 8.98. The number of thioether (sulfide) groups is 1. The van der Waals surface area contributed by atoms with E-state index in [0.717, 1.165) is 18.2 Å². The predicted octanol–water partition coefficient (Wildman–Crippen LogP) is 1.92. The van der Waals surface area contributed by atoms with Gasteiger partial charge in [0.15, 0.2) is 0 Å². The lowest BCUT2D eigenvalue weighted by Gasteiger charge is -2.28. The summed E-state index contributed by atoms with van der Waals surface area (Å²) < 4.78 is 17.4. The standard InChI is InChI=1S/C14H27NO5SSi/c1-5-18-22(19-6-2,20-7-3)10-8-9-21-12-11-13(16)15(4)14(12)17/h12H,5-11H2,1-4H3. The number of rotatable bonds is 11. The van der Waals surface area contributed by atoms with Gasteiger partial charge in [-0.05, 0) is 32.9 Å². The molecule has 1 aliphatic heterocycles. The number of imide groups is 1. The molecule has 1 rings (SSSR count). The van der Waals surface area contributed by atoms with Gasteiger partial charge in [-0.3, -0.25) is 14.5 Å². The summed E-state index contributed by atoms with van der Waals surface area (Å²) in [5, 5.41) is -0.236. The van der Waals surface area contributed by atoms with Crippen molar-refractivity contribution < 1.29 is 22.9 Å². The van der Waals surface area contributed by atoms with E-state index in [1.54, 1.807) is 7.05 Å². The highest BCUT2D eigenvalue weighted by Crippen LogP contribution is 2.26. The maximum absolute atomic E-state index is 11.8. The molecule has 0 aromatic rings. The summed E-state index contributed by atoms with van der Waals surface area (Å²) in [6.45, 7) is 7.52. The highest BCUT2D eigenvalue weighted by atomic mass is 32.2. The number of hydrogen-bond donors (Lipinski definition) is 0. The first kappa shape index (κ1) is 19.6. The fourth-order valence-corrected chi connectivity index (χ4v) is 6.39. The second-order valence-electron chi connectivity index (χ2n) is 4.94. The molecule has 8 heteroatoms. The number of likely N-dealkylation sites (tertiary alicyclic amines) is 1. The Morgan fingerprint density at radius 2 is 1.68 bits per heavy atom. The topological polar surface area (TPSA) is 65.1 Å². The van der Waals surface area contributed by atoms with Crippen molar-refractivity contribution in [3.8, 4) is 0 Å². The average molecular weight is 350 g/mol. The minimum Gasteiger partial charge on any atom is -0.374 e. The highest BCUT2D eigenvalue weighted by Gasteiger charge is 2.40. The van der Waals surface area contributed by atoms with E-state index in [2.05, 4.69) is 0 Å². The Bertz CT molecular complexity index is 365. The van der Waals surface area contributed by atoms with E-state index in [-0.39, 0.29) is 17.1 Å². The minimum absolute atomic E-state index is 0.0852. The third-order valence-electron chi connectivity index (χ3n) is 3.38. The Kier molecular flexibility index (Phi) is 8.62. The Morgan fingerprint density at radius 1 is 1.14 bits per heavy atom. The van der Waals surface area contributed by atoms with Gasteiger partial charge in [-0.1, -0.05) is 0 Å². The van der Waals surface area contributed by atoms with E-state index >= 15 is 0 Å². The van der Waals surface area contributed by atoms with Crippen molar-refractivity contribution in [3.63, 3.8) is 0 Å². The summed E-state index contributed by atoms with van der Waals surface area (Å²) in [7, 11) is -1.05. The first-order chi connectivity index (χ1) is 10.5. The first-order valence-corrected chi connectivity index (χ1v) is 10.8. The third-order valence-corrected chi connectivity index (χ3v) is 7.83. The maximum atomic E-state index is 11.8. The molecule has 0 bridgehead atoms. The van der Waals surface area contributed by atoms with Crippen LogP contribution < -0.4 is 0 Å². The van der Waals surface area contributed by atoms with Crippen LogP contribution in [0.1, 0.15) is 33.6 Å². The third kappa shape index (κ3) is 5.34. The lowest BCUT2D eigenvalue weighted by molar-refractivity contribution is -0.136. The van der Waals surface area contributed by atoms with Gasteiger partial charge >= 0.3 is 8.80 Å². The monoisotopic (exact) mass is 349 g/mol. The van der Waals surface area contributed by atoms with Crippen LogP contribution in [0.3, 0.4) is 0 Å². The molecular formula is C14H27NO5SSi. The molecule has 0 N–H and O–H groups in total. The zero-order valence-electron chi connectivity index (χ0n) is 13.9. The van der Waals surface area contributed by atoms with E-state index in [4.69, 9.17) is 13.3 Å². The number of nitrogens with zero attached hydrogens (tertiary/aromatic N) is 1. The molecule has 1 fully saturated rings. The molecule has 22 heavy (non-hydrogen) atoms. The molecule has 6 nitrogen and oxygen atoms in total. The van der Waals surface area contributed by atoms with Gasteiger partial charge in [-0.15, -0.1) is 11.8 Å². The van der Waals surface area contributed by atoms with Gasteiger partial charge in [-0.25, -0.2) is 0 Å². The van der Waals surface area contributed by atoms with E-state index in [1.165, 1.54) is 16.7 Å². The summed E-state index contributed by atoms with van der Waals surface area (Å²) >= 11 is 1.54. The summed E-state index contributed by atoms with van der Waals surface area (Å²) in [5.41, 5.74) is 0. The van der Waals surface area contributed by atoms with Gasteiger partial charge in [0.2, 0.25) is 11.8 Å². The van der Waals surface area contributed by atoms with Crippen molar-refractivity contribution >= 4 is 32.4 Å². The molecule has 0 aromatic carbocycles. The zero-order valence-corrected chi connectivity index (χ0v) is 15.7. The number of carbonyl (C=O) groups excluding carboxylic acids is 2. The summed E-state index contributed by atoms with van der Waals surface area (Å²) in [6, 6.07) is 0.736. The normalized spacial score (nSPS) is 19.3. The lowest BCUT2D eigenvalue weighted by Crippen LogP contribution is -2.46. The predicted molar refractivity (Wildman–Crippen MR) is 88.7 cm³/mol. The van der Waals surface area contributed by atoms with Crippen LogP contribution in [0.2, 0.25) is 6.04 Å². The fraction of sp³-hybridized carbons (Fsp3) is 0.857. The van der Waals surface area contributed by atoms with Gasteiger partial charge in [0, 0.05) is 39.3 Å². The molecule has 0 saturated carbocycles. The van der Waals surface area contributed by atoms with Crippen LogP contribution in [-0.2, 0) is 22.9 Å². The molecule has 128 valence electrons. The van der Waals surface area contributed by atoms with Crippen molar-refractivity contribution in [2.45, 2.75) is 44.9 Å². The van der Waals surface area contributed by atoms with Gasteiger partial charge in [0.1, 0.15) is 0 Å². The Balaban J connectivity index is 2.42. The number of hydrogen-bond acceptors (Lipinski definition) is 6. The molecule has 1 aliphatic rings. The Labute approximate surface area is 138 Å². The number of amides is 2. The molecule has 0 aromatic heterocycles. The summed E-state index contributed by atoms with van der Waals surface area (Å²) in [5.74, 6) is 0.613. The van der Waals surface area contributed by atoms with Crippen molar-refractivity contribution in [2.24, 2.45) is 0 Å². The van der Waals surface area contributed by atoms with Gasteiger partial charge in [0.25, 0.3) is 0 Å². The van der Waals surface area contributed by atoms with Crippen LogP contribution in [0.4, 0.5) is 0 Å². The van der Waals surface area contributed by atoms with E-state index in [1.807, 2.05) is 20.8 Å². The smallest absolute Gasteiger partial charge is 0.374 e. The van der Waals surface area contributed by atoms with E-state index in [9.17, 15) is 9.59 Å². The van der Waals surface area contributed by atoms with Crippen molar-refractivity contribution in [1.82, 2.24) is 4.90 Å². The van der Waals surface area contributed by atoms with Crippen molar-refractivity contribution in [3.05, 3.63) is 0 Å². The van der Waals surface area contributed by atoms with Gasteiger partial charge < -0.3 is 13.3 Å². The number of carbonyl (C=O) groups is 2. The molecule has 1 atom stereocenters. The van der Waals surface area contributed by atoms with E-state index < -0.39 is 8.80 Å². The molecule has 2 amide bonds. The van der Waals surface area contributed by atoms with Crippen LogP contribution >= 0.6 is 11.8 Å². The first-order valence-electron chi connectivity index (χ1n) is 7.83. The maximum Gasteiger partial charge on any atom is 0.500 e. The SMILES string of the molecule is CCO[Si](CCCSC1CC(=O)N(C)C1=O)(OCC)OCC. The molecular weight excluding hydrogens is 322 g/mol. The van der Waals surface area contributed by atoms with Crippen molar-refractivity contribution in [2.75, 3.05) is 32.6 Å². The van der Waals surface area contributed by atoms with Crippen LogP contribution in [0, 0.1) is 0 Å². The molecule has 0 radical (unpaired) electrons. The second kappa shape index (κ2) is 9.66. The van der Waals surface area contributed by atoms with Gasteiger partial charge in [-0.2, -0.15) is 0 Å². The lowest BCUT2D eigenvalue weighted by atomic mass is 10.4. The molecule has 1 heterocycles. The zero-order chi connectivity index (χ0) is 16.6. The minimum atomic E-state index is -2.59. The highest BCUT2D eigenvalue weighted by molar-refractivity contribution is 8.00. The van der Waals surface area contributed by atoms with Gasteiger partial charge in [0.05, 0.1) is 5.25 Å². The Morgan fingerprint density at radius 3 is 2.09 bits per heavy atom. The molecule has 1 unspecified atom stereocenters. The summed E-state index contributed by atoms with van der Waals surface area (Å²) in [4.78, 5) is 24.5. The fourth-order valence-electron chi connectivity index (χ4n) is 2.37. The molecule has 0 aliphatic carbocycles. The summed E-state index contributed by atoms with van der Waals surface area (Å²) in [6.07, 6.45) is 1.16. The molecule has 1 saturated heterocycles. The van der Waals surface area contributed by atoms with Crippen LogP contribution in [0.5, 0.6) is 0 Å². The molecule has 0 spiro atoms. The van der Waals surface area contributed by atoms with Crippen LogP contribution in [0.25, 0.3) is 0 Å². The van der Waals surface area contributed by atoms with E-state index in [0.29, 0.717) is 26.2 Å². The largest absolute Gasteiger partial charge is 0.500 e. The van der Waals surface area contributed by atoms with Crippen LogP contribution in [0.15, 0.2) is 0 Å². The Hall–Kier alpha value is -0.413.